The molecule has 0 saturated carbocycles. The van der Waals surface area contributed by atoms with Crippen LogP contribution in [0.1, 0.15) is 56.0 Å². The first-order valence-electron chi connectivity index (χ1n) is 10.4. The SMILES string of the molecule is Cc1nc(NC2CCN(CC3CCCO3)CC2)cc(C2CCNCC2)n1. The van der Waals surface area contributed by atoms with Crippen LogP contribution in [0, 0.1) is 6.92 Å². The van der Waals surface area contributed by atoms with E-state index in [2.05, 4.69) is 26.6 Å². The van der Waals surface area contributed by atoms with E-state index in [1.54, 1.807) is 0 Å². The Bertz CT molecular complexity index is 576. The second kappa shape index (κ2) is 8.63. The molecular formula is C20H33N5O. The molecule has 4 heterocycles. The van der Waals surface area contributed by atoms with E-state index in [4.69, 9.17) is 9.72 Å². The normalized spacial score (nSPS) is 26.3. The van der Waals surface area contributed by atoms with Crippen LogP contribution >= 0.6 is 0 Å². The molecule has 6 heteroatoms. The number of aromatic nitrogens is 2. The Balaban J connectivity index is 1.30. The van der Waals surface area contributed by atoms with Gasteiger partial charge in [-0.15, -0.1) is 0 Å². The lowest BCUT2D eigenvalue weighted by atomic mass is 9.94. The third-order valence-corrected chi connectivity index (χ3v) is 6.04. The number of nitrogens with one attached hydrogen (secondary N) is 2. The number of likely N-dealkylation sites (tertiary alicyclic amines) is 1. The van der Waals surface area contributed by atoms with Gasteiger partial charge in [0.25, 0.3) is 0 Å². The Kier molecular flexibility index (Phi) is 6.02. The molecule has 3 aliphatic heterocycles. The lowest BCUT2D eigenvalue weighted by molar-refractivity contribution is 0.0654. The van der Waals surface area contributed by atoms with Crippen LogP contribution in [0.3, 0.4) is 0 Å². The summed E-state index contributed by atoms with van der Waals surface area (Å²) in [7, 11) is 0. The number of aryl methyl sites for hydroxylation is 1. The standard InChI is InChI=1S/C20H33N5O/c1-15-22-19(16-4-8-21-9-5-16)13-20(23-15)24-17-6-10-25(11-7-17)14-18-3-2-12-26-18/h13,16-18,21H,2-12,14H2,1H3,(H,22,23,24). The van der Waals surface area contributed by atoms with E-state index in [-0.39, 0.29) is 0 Å². The molecule has 3 saturated heterocycles. The summed E-state index contributed by atoms with van der Waals surface area (Å²) in [5.41, 5.74) is 1.22. The van der Waals surface area contributed by atoms with Crippen molar-refractivity contribution in [1.82, 2.24) is 20.2 Å². The third-order valence-electron chi connectivity index (χ3n) is 6.04. The van der Waals surface area contributed by atoms with Crippen LogP contribution in [0.15, 0.2) is 6.07 Å². The van der Waals surface area contributed by atoms with Crippen molar-refractivity contribution in [3.05, 3.63) is 17.6 Å². The summed E-state index contributed by atoms with van der Waals surface area (Å²) in [6.07, 6.45) is 7.65. The average Bonchev–Trinajstić information content (AvgIpc) is 3.17. The van der Waals surface area contributed by atoms with Crippen molar-refractivity contribution in [2.75, 3.05) is 44.6 Å². The summed E-state index contributed by atoms with van der Waals surface area (Å²) in [5.74, 6) is 2.48. The van der Waals surface area contributed by atoms with Gasteiger partial charge in [-0.05, 0) is 58.5 Å². The highest BCUT2D eigenvalue weighted by molar-refractivity contribution is 5.38. The smallest absolute Gasteiger partial charge is 0.130 e. The Morgan fingerprint density at radius 1 is 1.15 bits per heavy atom. The second-order valence-electron chi connectivity index (χ2n) is 8.10. The van der Waals surface area contributed by atoms with Gasteiger partial charge >= 0.3 is 0 Å². The van der Waals surface area contributed by atoms with Crippen molar-refractivity contribution in [1.29, 1.82) is 0 Å². The minimum Gasteiger partial charge on any atom is -0.377 e. The zero-order valence-corrected chi connectivity index (χ0v) is 16.0. The van der Waals surface area contributed by atoms with Crippen LogP contribution in [0.2, 0.25) is 0 Å². The number of nitrogens with zero attached hydrogens (tertiary/aromatic N) is 3. The van der Waals surface area contributed by atoms with Gasteiger partial charge in [-0.3, -0.25) is 0 Å². The molecule has 0 radical (unpaired) electrons. The summed E-state index contributed by atoms with van der Waals surface area (Å²) in [4.78, 5) is 11.9. The fourth-order valence-electron chi connectivity index (χ4n) is 4.54. The first-order chi connectivity index (χ1) is 12.8. The molecule has 0 aliphatic carbocycles. The number of anilines is 1. The highest BCUT2D eigenvalue weighted by Gasteiger charge is 2.24. The lowest BCUT2D eigenvalue weighted by Crippen LogP contribution is -2.42. The molecule has 0 bridgehead atoms. The van der Waals surface area contributed by atoms with Gasteiger partial charge in [0.15, 0.2) is 0 Å². The average molecular weight is 360 g/mol. The molecule has 2 N–H and O–H groups in total. The summed E-state index contributed by atoms with van der Waals surface area (Å²) in [5, 5.41) is 7.13. The molecule has 4 rings (SSSR count). The number of hydrogen-bond acceptors (Lipinski definition) is 6. The van der Waals surface area contributed by atoms with Gasteiger partial charge in [-0.25, -0.2) is 9.97 Å². The molecular weight excluding hydrogens is 326 g/mol. The third kappa shape index (κ3) is 4.72. The largest absolute Gasteiger partial charge is 0.377 e. The first kappa shape index (κ1) is 18.1. The molecule has 0 amide bonds. The molecule has 1 atom stereocenters. The number of piperidine rings is 2. The predicted molar refractivity (Wildman–Crippen MR) is 104 cm³/mol. The Morgan fingerprint density at radius 2 is 1.96 bits per heavy atom. The number of hydrogen-bond donors (Lipinski definition) is 2. The van der Waals surface area contributed by atoms with E-state index >= 15 is 0 Å². The first-order valence-corrected chi connectivity index (χ1v) is 10.4. The maximum Gasteiger partial charge on any atom is 0.130 e. The predicted octanol–water partition coefficient (Wildman–Crippen LogP) is 2.31. The number of ether oxygens (including phenoxy) is 1. The van der Waals surface area contributed by atoms with Crippen molar-refractivity contribution >= 4 is 5.82 Å². The maximum absolute atomic E-state index is 5.78. The van der Waals surface area contributed by atoms with Gasteiger partial charge < -0.3 is 20.3 Å². The zero-order valence-electron chi connectivity index (χ0n) is 16.0. The van der Waals surface area contributed by atoms with Gasteiger partial charge in [0.2, 0.25) is 0 Å². The van der Waals surface area contributed by atoms with Crippen molar-refractivity contribution in [3.8, 4) is 0 Å². The highest BCUT2D eigenvalue weighted by atomic mass is 16.5. The van der Waals surface area contributed by atoms with Crippen LogP contribution in [0.25, 0.3) is 0 Å². The number of rotatable bonds is 5. The summed E-state index contributed by atoms with van der Waals surface area (Å²) in [6, 6.07) is 2.72. The van der Waals surface area contributed by atoms with Crippen LogP contribution in [-0.2, 0) is 4.74 Å². The zero-order chi connectivity index (χ0) is 17.8. The Morgan fingerprint density at radius 3 is 2.69 bits per heavy atom. The minimum atomic E-state index is 0.469. The van der Waals surface area contributed by atoms with Crippen molar-refractivity contribution in [2.24, 2.45) is 0 Å². The van der Waals surface area contributed by atoms with E-state index in [1.165, 1.54) is 44.2 Å². The second-order valence-corrected chi connectivity index (χ2v) is 8.10. The molecule has 1 unspecified atom stereocenters. The summed E-state index contributed by atoms with van der Waals surface area (Å²) < 4.78 is 5.78. The van der Waals surface area contributed by atoms with Crippen LogP contribution in [0.4, 0.5) is 5.82 Å². The molecule has 3 aliphatic rings. The monoisotopic (exact) mass is 359 g/mol. The van der Waals surface area contributed by atoms with E-state index in [0.717, 1.165) is 51.0 Å². The Labute approximate surface area is 157 Å². The molecule has 0 spiro atoms. The molecule has 3 fully saturated rings. The summed E-state index contributed by atoms with van der Waals surface area (Å²) in [6.45, 7) is 8.58. The van der Waals surface area contributed by atoms with Gasteiger partial charge in [0.1, 0.15) is 11.6 Å². The van der Waals surface area contributed by atoms with E-state index < -0.39 is 0 Å². The van der Waals surface area contributed by atoms with Crippen LogP contribution < -0.4 is 10.6 Å². The Hall–Kier alpha value is -1.24. The van der Waals surface area contributed by atoms with Crippen molar-refractivity contribution in [2.45, 2.75) is 63.5 Å². The van der Waals surface area contributed by atoms with Gasteiger partial charge in [-0.1, -0.05) is 0 Å². The molecule has 6 nitrogen and oxygen atoms in total. The van der Waals surface area contributed by atoms with Crippen LogP contribution in [-0.4, -0.2) is 66.3 Å². The van der Waals surface area contributed by atoms with Gasteiger partial charge in [-0.2, -0.15) is 0 Å². The van der Waals surface area contributed by atoms with E-state index in [1.807, 2.05) is 6.92 Å². The molecule has 0 aromatic carbocycles. The van der Waals surface area contributed by atoms with Gasteiger partial charge in [0, 0.05) is 50.0 Å². The topological polar surface area (TPSA) is 62.3 Å². The quantitative estimate of drug-likeness (QED) is 0.841. The van der Waals surface area contributed by atoms with Gasteiger partial charge in [0.05, 0.1) is 6.10 Å². The molecule has 1 aromatic heterocycles. The maximum atomic E-state index is 5.78. The molecule has 144 valence electrons. The minimum absolute atomic E-state index is 0.469. The molecule has 1 aromatic rings. The van der Waals surface area contributed by atoms with E-state index in [9.17, 15) is 0 Å². The highest BCUT2D eigenvalue weighted by Crippen LogP contribution is 2.26. The van der Waals surface area contributed by atoms with Crippen molar-refractivity contribution in [3.63, 3.8) is 0 Å². The summed E-state index contributed by atoms with van der Waals surface area (Å²) >= 11 is 0. The van der Waals surface area contributed by atoms with Crippen molar-refractivity contribution < 1.29 is 4.74 Å². The van der Waals surface area contributed by atoms with Crippen LogP contribution in [0.5, 0.6) is 0 Å². The lowest BCUT2D eigenvalue weighted by Gasteiger charge is -2.34. The van der Waals surface area contributed by atoms with E-state index in [0.29, 0.717) is 18.1 Å². The fourth-order valence-corrected chi connectivity index (χ4v) is 4.54. The fraction of sp³-hybridized carbons (Fsp3) is 0.800. The molecule has 26 heavy (non-hydrogen) atoms.